The summed E-state index contributed by atoms with van der Waals surface area (Å²) in [5.41, 5.74) is 3.83. The van der Waals surface area contributed by atoms with Crippen LogP contribution in [0.5, 0.6) is 0 Å². The molecule has 112 valence electrons. The Balaban J connectivity index is 2.07. The second-order valence-electron chi connectivity index (χ2n) is 5.46. The lowest BCUT2D eigenvalue weighted by atomic mass is 9.94. The molecule has 0 saturated carbocycles. The van der Waals surface area contributed by atoms with Crippen molar-refractivity contribution in [2.75, 3.05) is 0 Å². The number of nitrogens with one attached hydrogen (secondary N) is 1. The van der Waals surface area contributed by atoms with E-state index in [2.05, 4.69) is 4.98 Å². The first-order valence-corrected chi connectivity index (χ1v) is 7.30. The molecular formula is C19H13NO3. The summed E-state index contributed by atoms with van der Waals surface area (Å²) in [5.74, 6) is -1.19. The molecule has 23 heavy (non-hydrogen) atoms. The molecule has 0 unspecified atom stereocenters. The second-order valence-corrected chi connectivity index (χ2v) is 5.46. The Hall–Kier alpha value is -3.14. The van der Waals surface area contributed by atoms with Crippen LogP contribution in [0.25, 0.3) is 22.0 Å². The highest BCUT2D eigenvalue weighted by molar-refractivity contribution is 6.46. The van der Waals surface area contributed by atoms with E-state index in [9.17, 15) is 9.59 Å². The quantitative estimate of drug-likeness (QED) is 0.582. The van der Waals surface area contributed by atoms with Gasteiger partial charge in [-0.1, -0.05) is 48.5 Å². The Morgan fingerprint density at radius 2 is 1.48 bits per heavy atom. The number of fused-ring (bicyclic) bond motifs is 1. The van der Waals surface area contributed by atoms with Crippen molar-refractivity contribution in [2.24, 2.45) is 0 Å². The zero-order valence-electron chi connectivity index (χ0n) is 12.4. The number of hydrogen-bond donors (Lipinski definition) is 1. The van der Waals surface area contributed by atoms with E-state index in [-0.39, 0.29) is 0 Å². The van der Waals surface area contributed by atoms with Crippen LogP contribution in [-0.4, -0.2) is 16.9 Å². The molecule has 0 spiro atoms. The van der Waals surface area contributed by atoms with Crippen LogP contribution in [0.3, 0.4) is 0 Å². The molecular weight excluding hydrogens is 290 g/mol. The van der Waals surface area contributed by atoms with Gasteiger partial charge in [-0.3, -0.25) is 0 Å². The molecule has 4 rings (SSSR count). The SMILES string of the molecule is Cc1[nH]c2ccccc2c1C1=C(c2ccccc2)C(=O)OC1=O. The Morgan fingerprint density at radius 3 is 2.26 bits per heavy atom. The number of aromatic nitrogens is 1. The Kier molecular flexibility index (Phi) is 2.91. The van der Waals surface area contributed by atoms with Crippen molar-refractivity contribution in [2.45, 2.75) is 6.92 Å². The van der Waals surface area contributed by atoms with Crippen LogP contribution >= 0.6 is 0 Å². The summed E-state index contributed by atoms with van der Waals surface area (Å²) in [6, 6.07) is 16.8. The molecule has 1 aliphatic heterocycles. The van der Waals surface area contributed by atoms with E-state index in [0.29, 0.717) is 16.7 Å². The second kappa shape index (κ2) is 4.95. The van der Waals surface area contributed by atoms with Gasteiger partial charge in [0.2, 0.25) is 0 Å². The van der Waals surface area contributed by atoms with E-state index < -0.39 is 11.9 Å². The maximum atomic E-state index is 12.3. The van der Waals surface area contributed by atoms with Crippen molar-refractivity contribution < 1.29 is 14.3 Å². The molecule has 2 aromatic carbocycles. The first kappa shape index (κ1) is 13.5. The molecule has 0 atom stereocenters. The third-order valence-electron chi connectivity index (χ3n) is 4.05. The number of aryl methyl sites for hydroxylation is 1. The zero-order valence-corrected chi connectivity index (χ0v) is 12.4. The van der Waals surface area contributed by atoms with Gasteiger partial charge in [0.15, 0.2) is 0 Å². The van der Waals surface area contributed by atoms with Gasteiger partial charge in [0.05, 0.1) is 11.1 Å². The fraction of sp³-hybridized carbons (Fsp3) is 0.0526. The third-order valence-corrected chi connectivity index (χ3v) is 4.05. The number of carbonyl (C=O) groups excluding carboxylic acids is 2. The number of esters is 2. The first-order chi connectivity index (χ1) is 11.2. The number of rotatable bonds is 2. The highest BCUT2D eigenvalue weighted by atomic mass is 16.6. The number of hydrogen-bond acceptors (Lipinski definition) is 3. The van der Waals surface area contributed by atoms with Crippen LogP contribution in [0.15, 0.2) is 54.6 Å². The minimum absolute atomic E-state index is 0.323. The predicted octanol–water partition coefficient (Wildman–Crippen LogP) is 3.47. The van der Waals surface area contributed by atoms with E-state index in [1.54, 1.807) is 12.1 Å². The van der Waals surface area contributed by atoms with Crippen molar-refractivity contribution >= 4 is 34.0 Å². The molecule has 0 bridgehead atoms. The van der Waals surface area contributed by atoms with Gasteiger partial charge >= 0.3 is 11.9 Å². The number of carbonyl (C=O) groups is 2. The lowest BCUT2D eigenvalue weighted by Crippen LogP contribution is -2.02. The number of aromatic amines is 1. The number of benzene rings is 2. The minimum atomic E-state index is -0.596. The highest BCUT2D eigenvalue weighted by Gasteiger charge is 2.36. The van der Waals surface area contributed by atoms with E-state index in [4.69, 9.17) is 4.74 Å². The molecule has 0 amide bonds. The lowest BCUT2D eigenvalue weighted by Gasteiger charge is -2.03. The molecule has 4 heteroatoms. The fourth-order valence-corrected chi connectivity index (χ4v) is 3.08. The number of cyclic esters (lactones) is 2. The van der Waals surface area contributed by atoms with Crippen molar-refractivity contribution in [1.29, 1.82) is 0 Å². The summed E-state index contributed by atoms with van der Waals surface area (Å²) in [4.78, 5) is 27.8. The Morgan fingerprint density at radius 1 is 0.826 bits per heavy atom. The molecule has 1 aliphatic rings. The summed E-state index contributed by atoms with van der Waals surface area (Å²) in [7, 11) is 0. The fourth-order valence-electron chi connectivity index (χ4n) is 3.08. The standard InChI is InChI=1S/C19H13NO3/c1-11-15(13-9-5-6-10-14(13)20-11)17-16(18(21)23-19(17)22)12-7-3-2-4-8-12/h2-10,20H,1H3. The van der Waals surface area contributed by atoms with Gasteiger partial charge in [0, 0.05) is 22.2 Å². The zero-order chi connectivity index (χ0) is 16.0. The summed E-state index contributed by atoms with van der Waals surface area (Å²) in [6.45, 7) is 1.89. The lowest BCUT2D eigenvalue weighted by molar-refractivity contribution is -0.149. The smallest absolute Gasteiger partial charge is 0.347 e. The normalized spacial score (nSPS) is 14.7. The summed E-state index contributed by atoms with van der Waals surface area (Å²) >= 11 is 0. The molecule has 0 fully saturated rings. The van der Waals surface area contributed by atoms with Crippen LogP contribution in [0.2, 0.25) is 0 Å². The van der Waals surface area contributed by atoms with Gasteiger partial charge in [-0.2, -0.15) is 0 Å². The first-order valence-electron chi connectivity index (χ1n) is 7.30. The predicted molar refractivity (Wildman–Crippen MR) is 87.4 cm³/mol. The molecule has 0 aliphatic carbocycles. The van der Waals surface area contributed by atoms with Crippen LogP contribution in [0.4, 0.5) is 0 Å². The van der Waals surface area contributed by atoms with Gasteiger partial charge < -0.3 is 9.72 Å². The maximum Gasteiger partial charge on any atom is 0.347 e. The van der Waals surface area contributed by atoms with Crippen molar-refractivity contribution in [3.8, 4) is 0 Å². The highest BCUT2D eigenvalue weighted by Crippen LogP contribution is 2.38. The van der Waals surface area contributed by atoms with Crippen LogP contribution < -0.4 is 0 Å². The Bertz CT molecular complexity index is 980. The molecule has 2 heterocycles. The van der Waals surface area contributed by atoms with Gasteiger partial charge in [0.25, 0.3) is 0 Å². The number of ether oxygens (including phenoxy) is 1. The van der Waals surface area contributed by atoms with Crippen LogP contribution in [0, 0.1) is 6.92 Å². The van der Waals surface area contributed by atoms with E-state index in [0.717, 1.165) is 22.2 Å². The van der Waals surface area contributed by atoms with E-state index in [1.807, 2.05) is 49.4 Å². The van der Waals surface area contributed by atoms with Crippen LogP contribution in [0.1, 0.15) is 16.8 Å². The van der Waals surface area contributed by atoms with Crippen molar-refractivity contribution in [1.82, 2.24) is 4.98 Å². The third kappa shape index (κ3) is 1.99. The van der Waals surface area contributed by atoms with Gasteiger partial charge in [0.1, 0.15) is 0 Å². The molecule has 3 aromatic rings. The average Bonchev–Trinajstić information content (AvgIpc) is 3.03. The topological polar surface area (TPSA) is 59.2 Å². The number of para-hydroxylation sites is 1. The molecule has 1 N–H and O–H groups in total. The monoisotopic (exact) mass is 303 g/mol. The minimum Gasteiger partial charge on any atom is -0.386 e. The van der Waals surface area contributed by atoms with Crippen LogP contribution in [-0.2, 0) is 14.3 Å². The average molecular weight is 303 g/mol. The van der Waals surface area contributed by atoms with Crippen molar-refractivity contribution in [3.63, 3.8) is 0 Å². The summed E-state index contributed by atoms with van der Waals surface area (Å²) in [6.07, 6.45) is 0. The van der Waals surface area contributed by atoms with Gasteiger partial charge in [-0.05, 0) is 18.6 Å². The summed E-state index contributed by atoms with van der Waals surface area (Å²) in [5, 5.41) is 0.903. The Labute approximate surface area is 132 Å². The molecule has 4 nitrogen and oxygen atoms in total. The number of H-pyrrole nitrogens is 1. The molecule has 1 aromatic heterocycles. The molecule has 0 radical (unpaired) electrons. The van der Waals surface area contributed by atoms with E-state index in [1.165, 1.54) is 0 Å². The maximum absolute atomic E-state index is 12.3. The summed E-state index contributed by atoms with van der Waals surface area (Å²) < 4.78 is 4.90. The van der Waals surface area contributed by atoms with Gasteiger partial charge in [-0.15, -0.1) is 0 Å². The molecule has 0 saturated heterocycles. The largest absolute Gasteiger partial charge is 0.386 e. The van der Waals surface area contributed by atoms with Gasteiger partial charge in [-0.25, -0.2) is 9.59 Å². The van der Waals surface area contributed by atoms with E-state index >= 15 is 0 Å². The van der Waals surface area contributed by atoms with Crippen molar-refractivity contribution in [3.05, 3.63) is 71.4 Å².